The Bertz CT molecular complexity index is 1100. The summed E-state index contributed by atoms with van der Waals surface area (Å²) in [4.78, 5) is 0. The molecule has 5 nitrogen and oxygen atoms in total. The molecule has 0 unspecified atom stereocenters. The molecule has 6 heteroatoms. The van der Waals surface area contributed by atoms with E-state index < -0.39 is 6.23 Å². The lowest BCUT2D eigenvalue weighted by Crippen LogP contribution is -2.33. The third kappa shape index (κ3) is 3.05. The zero-order chi connectivity index (χ0) is 20.7. The van der Waals surface area contributed by atoms with Gasteiger partial charge in [-0.05, 0) is 48.0 Å². The summed E-state index contributed by atoms with van der Waals surface area (Å²) in [5, 5.41) is 6.89. The fourth-order valence-corrected chi connectivity index (χ4v) is 4.05. The van der Waals surface area contributed by atoms with Crippen LogP contribution in [0.2, 0.25) is 0 Å². The standard InChI is InChI=1S/C24H21FN2O3/c1-28-18-12-8-15(9-13-18)20-14-21-19-4-3-5-22(29-2)23(19)30-24(27(21)26-20)16-6-10-17(25)11-7-16/h3-13,21,24H,14H2,1-2H3/t21-,24+/m1/s1. The van der Waals surface area contributed by atoms with Crippen molar-refractivity contribution in [3.63, 3.8) is 0 Å². The van der Waals surface area contributed by atoms with Crippen LogP contribution in [-0.2, 0) is 0 Å². The molecular formula is C24H21FN2O3. The molecule has 0 saturated carbocycles. The first-order valence-corrected chi connectivity index (χ1v) is 9.77. The van der Waals surface area contributed by atoms with Gasteiger partial charge in [0.1, 0.15) is 11.6 Å². The van der Waals surface area contributed by atoms with Gasteiger partial charge >= 0.3 is 0 Å². The molecule has 0 radical (unpaired) electrons. The van der Waals surface area contributed by atoms with Crippen LogP contribution in [0.1, 0.15) is 35.4 Å². The number of hydrogen-bond donors (Lipinski definition) is 0. The highest BCUT2D eigenvalue weighted by Gasteiger charge is 2.42. The van der Waals surface area contributed by atoms with Gasteiger partial charge in [0.25, 0.3) is 0 Å². The van der Waals surface area contributed by atoms with Gasteiger partial charge in [-0.3, -0.25) is 0 Å². The number of ether oxygens (including phenoxy) is 3. The molecule has 152 valence electrons. The molecule has 30 heavy (non-hydrogen) atoms. The van der Waals surface area contributed by atoms with Crippen LogP contribution in [0.15, 0.2) is 71.8 Å². The quantitative estimate of drug-likeness (QED) is 0.608. The van der Waals surface area contributed by atoms with Crippen LogP contribution in [-0.4, -0.2) is 24.9 Å². The predicted molar refractivity (Wildman–Crippen MR) is 111 cm³/mol. The van der Waals surface area contributed by atoms with E-state index in [0.29, 0.717) is 11.5 Å². The first-order chi connectivity index (χ1) is 14.7. The van der Waals surface area contributed by atoms with Crippen LogP contribution in [0.3, 0.4) is 0 Å². The molecule has 2 aliphatic rings. The second kappa shape index (κ2) is 7.37. The molecule has 5 rings (SSSR count). The van der Waals surface area contributed by atoms with Crippen molar-refractivity contribution in [1.29, 1.82) is 0 Å². The summed E-state index contributed by atoms with van der Waals surface area (Å²) >= 11 is 0. The average molecular weight is 404 g/mol. The lowest BCUT2D eigenvalue weighted by Gasteiger charge is -2.38. The van der Waals surface area contributed by atoms with Gasteiger partial charge in [-0.2, -0.15) is 5.10 Å². The Morgan fingerprint density at radius 2 is 1.73 bits per heavy atom. The maximum absolute atomic E-state index is 13.5. The zero-order valence-electron chi connectivity index (χ0n) is 16.7. The average Bonchev–Trinajstić information content (AvgIpc) is 3.24. The highest BCUT2D eigenvalue weighted by atomic mass is 19.1. The maximum Gasteiger partial charge on any atom is 0.214 e. The SMILES string of the molecule is COc1ccc(C2=NN3[C@H](C2)c2cccc(OC)c2O[C@H]3c2ccc(F)cc2)cc1. The molecule has 0 aromatic heterocycles. The summed E-state index contributed by atoms with van der Waals surface area (Å²) < 4.78 is 30.7. The third-order valence-corrected chi connectivity index (χ3v) is 5.58. The predicted octanol–water partition coefficient (Wildman–Crippen LogP) is 5.09. The molecule has 2 atom stereocenters. The van der Waals surface area contributed by atoms with Gasteiger partial charge in [0.2, 0.25) is 6.23 Å². The van der Waals surface area contributed by atoms with Crippen LogP contribution in [0.25, 0.3) is 0 Å². The smallest absolute Gasteiger partial charge is 0.214 e. The van der Waals surface area contributed by atoms with E-state index in [9.17, 15) is 4.39 Å². The van der Waals surface area contributed by atoms with Crippen molar-refractivity contribution in [2.24, 2.45) is 5.10 Å². The fraction of sp³-hybridized carbons (Fsp3) is 0.208. The molecule has 2 aliphatic heterocycles. The molecule has 0 fully saturated rings. The van der Waals surface area contributed by atoms with Gasteiger partial charge in [0, 0.05) is 17.5 Å². The second-order valence-corrected chi connectivity index (χ2v) is 7.28. The van der Waals surface area contributed by atoms with Gasteiger partial charge < -0.3 is 14.2 Å². The highest BCUT2D eigenvalue weighted by Crippen LogP contribution is 2.50. The number of benzene rings is 3. The molecule has 0 spiro atoms. The lowest BCUT2D eigenvalue weighted by atomic mass is 9.95. The summed E-state index contributed by atoms with van der Waals surface area (Å²) in [5.41, 5.74) is 3.86. The topological polar surface area (TPSA) is 43.3 Å². The van der Waals surface area contributed by atoms with Gasteiger partial charge in [-0.1, -0.05) is 24.3 Å². The Morgan fingerprint density at radius 1 is 0.967 bits per heavy atom. The minimum absolute atomic E-state index is 0.00370. The van der Waals surface area contributed by atoms with Crippen molar-refractivity contribution in [3.05, 3.63) is 89.2 Å². The van der Waals surface area contributed by atoms with Crippen molar-refractivity contribution in [1.82, 2.24) is 5.01 Å². The van der Waals surface area contributed by atoms with Crippen molar-refractivity contribution < 1.29 is 18.6 Å². The van der Waals surface area contributed by atoms with Crippen molar-refractivity contribution in [2.75, 3.05) is 14.2 Å². The lowest BCUT2D eigenvalue weighted by molar-refractivity contribution is -0.0209. The molecular weight excluding hydrogens is 383 g/mol. The number of hydrazone groups is 1. The Morgan fingerprint density at radius 3 is 2.43 bits per heavy atom. The van der Waals surface area contributed by atoms with Crippen molar-refractivity contribution in [3.8, 4) is 17.2 Å². The second-order valence-electron chi connectivity index (χ2n) is 7.28. The molecule has 0 saturated heterocycles. The molecule has 0 amide bonds. The fourth-order valence-electron chi connectivity index (χ4n) is 4.05. The van der Waals surface area contributed by atoms with E-state index in [1.54, 1.807) is 26.4 Å². The first kappa shape index (κ1) is 18.5. The Labute approximate surface area is 174 Å². The molecule has 3 aromatic rings. The Hall–Kier alpha value is -3.54. The van der Waals surface area contributed by atoms with Gasteiger partial charge in [0.05, 0.1) is 26.0 Å². The number of fused-ring (bicyclic) bond motifs is 3. The van der Waals surface area contributed by atoms with Crippen LogP contribution < -0.4 is 14.2 Å². The Balaban J connectivity index is 1.59. The van der Waals surface area contributed by atoms with Crippen LogP contribution in [0.4, 0.5) is 4.39 Å². The summed E-state index contributed by atoms with van der Waals surface area (Å²) in [7, 11) is 3.28. The van der Waals surface area contributed by atoms with E-state index in [-0.39, 0.29) is 11.9 Å². The Kier molecular flexibility index (Phi) is 4.54. The first-order valence-electron chi connectivity index (χ1n) is 9.77. The monoisotopic (exact) mass is 404 g/mol. The number of methoxy groups -OCH3 is 2. The van der Waals surface area contributed by atoms with Gasteiger partial charge in [-0.25, -0.2) is 9.40 Å². The highest BCUT2D eigenvalue weighted by molar-refractivity contribution is 6.02. The van der Waals surface area contributed by atoms with E-state index >= 15 is 0 Å². The van der Waals surface area contributed by atoms with E-state index in [2.05, 4.69) is 0 Å². The van der Waals surface area contributed by atoms with E-state index in [1.807, 2.05) is 47.5 Å². The third-order valence-electron chi connectivity index (χ3n) is 5.58. The minimum Gasteiger partial charge on any atom is -0.497 e. The summed E-state index contributed by atoms with van der Waals surface area (Å²) in [6.07, 6.45) is 0.253. The minimum atomic E-state index is -0.477. The summed E-state index contributed by atoms with van der Waals surface area (Å²) in [6, 6.07) is 20.1. The van der Waals surface area contributed by atoms with Crippen LogP contribution in [0.5, 0.6) is 17.2 Å². The molecule has 0 aliphatic carbocycles. The van der Waals surface area contributed by atoms with Gasteiger partial charge in [-0.15, -0.1) is 0 Å². The molecule has 0 bridgehead atoms. The molecule has 0 N–H and O–H groups in total. The summed E-state index contributed by atoms with van der Waals surface area (Å²) in [6.45, 7) is 0. The van der Waals surface area contributed by atoms with Crippen molar-refractivity contribution in [2.45, 2.75) is 18.7 Å². The van der Waals surface area contributed by atoms with Gasteiger partial charge in [0.15, 0.2) is 11.5 Å². The number of rotatable bonds is 4. The van der Waals surface area contributed by atoms with E-state index in [0.717, 1.165) is 34.6 Å². The maximum atomic E-state index is 13.5. The summed E-state index contributed by atoms with van der Waals surface area (Å²) in [5.74, 6) is 1.91. The molecule has 2 heterocycles. The van der Waals surface area contributed by atoms with Crippen molar-refractivity contribution >= 4 is 5.71 Å². The normalized spacial score (nSPS) is 19.4. The number of hydrogen-bond acceptors (Lipinski definition) is 5. The largest absolute Gasteiger partial charge is 0.497 e. The van der Waals surface area contributed by atoms with Crippen LogP contribution in [0, 0.1) is 5.82 Å². The van der Waals surface area contributed by atoms with E-state index in [1.165, 1.54) is 12.1 Å². The number of para-hydroxylation sites is 1. The zero-order valence-corrected chi connectivity index (χ0v) is 16.7. The van der Waals surface area contributed by atoms with Crippen LogP contribution >= 0.6 is 0 Å². The number of halogens is 1. The van der Waals surface area contributed by atoms with E-state index in [4.69, 9.17) is 19.3 Å². The number of nitrogens with zero attached hydrogens (tertiary/aromatic N) is 2. The molecule has 3 aromatic carbocycles.